The van der Waals surface area contributed by atoms with E-state index >= 15 is 0 Å². The van der Waals surface area contributed by atoms with Crippen molar-refractivity contribution in [2.24, 2.45) is 5.92 Å². The molecule has 0 amide bonds. The predicted molar refractivity (Wildman–Crippen MR) is 81.2 cm³/mol. The fourth-order valence-corrected chi connectivity index (χ4v) is 4.47. The minimum absolute atomic E-state index is 0.167. The van der Waals surface area contributed by atoms with Gasteiger partial charge in [-0.05, 0) is 24.3 Å². The van der Waals surface area contributed by atoms with Gasteiger partial charge in [0.05, 0.1) is 5.25 Å². The summed E-state index contributed by atoms with van der Waals surface area (Å²) in [6.45, 7) is 0. The van der Waals surface area contributed by atoms with Crippen LogP contribution in [0.25, 0.3) is 0 Å². The molecule has 1 aromatic carbocycles. The zero-order chi connectivity index (χ0) is 18.1. The van der Waals surface area contributed by atoms with E-state index in [1.807, 2.05) is 5.32 Å². The van der Waals surface area contributed by atoms with E-state index in [0.717, 1.165) is 6.26 Å². The molecule has 1 aliphatic carbocycles. The number of rotatable bonds is 7. The molecule has 0 heterocycles. The van der Waals surface area contributed by atoms with Gasteiger partial charge in [-0.2, -0.15) is 13.2 Å². The Morgan fingerprint density at radius 2 is 1.79 bits per heavy atom. The minimum Gasteiger partial charge on any atom is -0.480 e. The van der Waals surface area contributed by atoms with Crippen LogP contribution in [0.2, 0.25) is 0 Å². The van der Waals surface area contributed by atoms with Crippen LogP contribution in [-0.4, -0.2) is 43.2 Å². The van der Waals surface area contributed by atoms with E-state index < -0.39 is 45.2 Å². The largest absolute Gasteiger partial charge is 0.480 e. The maximum atomic E-state index is 13.4. The highest BCUT2D eigenvalue weighted by Crippen LogP contribution is 2.40. The Hall–Kier alpha value is -1.61. The molecular weight excluding hydrogens is 347 g/mol. The third kappa shape index (κ3) is 4.47. The van der Waals surface area contributed by atoms with Gasteiger partial charge in [0, 0.05) is 6.26 Å². The van der Waals surface area contributed by atoms with Gasteiger partial charge in [0.1, 0.15) is 12.1 Å². The standard InChI is InChI=1S/C15H18F3NO4S/c1-24(22,23)12(9-7-8-9)11(14(20)21)19-13(15(16,17)18)10-5-3-2-4-6-10/h2-6,9,11-13,19H,7-8H2,1H3,(H,20,21)/t11?,12?,13-/m1/s1. The van der Waals surface area contributed by atoms with E-state index in [1.165, 1.54) is 30.3 Å². The Morgan fingerprint density at radius 3 is 2.17 bits per heavy atom. The third-order valence-electron chi connectivity index (χ3n) is 3.98. The van der Waals surface area contributed by atoms with Gasteiger partial charge in [-0.3, -0.25) is 10.1 Å². The van der Waals surface area contributed by atoms with E-state index in [0.29, 0.717) is 12.8 Å². The van der Waals surface area contributed by atoms with Gasteiger partial charge >= 0.3 is 12.1 Å². The van der Waals surface area contributed by atoms with Crippen LogP contribution in [0.5, 0.6) is 0 Å². The summed E-state index contributed by atoms with van der Waals surface area (Å²) in [6, 6.07) is 2.69. The van der Waals surface area contributed by atoms with Crippen LogP contribution in [0.15, 0.2) is 30.3 Å². The number of carbonyl (C=O) groups is 1. The normalized spacial score (nSPS) is 19.5. The fraction of sp³-hybridized carbons (Fsp3) is 0.533. The van der Waals surface area contributed by atoms with E-state index in [4.69, 9.17) is 0 Å². The van der Waals surface area contributed by atoms with E-state index in [2.05, 4.69) is 0 Å². The molecule has 3 atom stereocenters. The van der Waals surface area contributed by atoms with Crippen LogP contribution < -0.4 is 5.32 Å². The molecule has 2 N–H and O–H groups in total. The predicted octanol–water partition coefficient (Wildman–Crippen LogP) is 2.16. The quantitative estimate of drug-likeness (QED) is 0.774. The van der Waals surface area contributed by atoms with Crippen LogP contribution in [0.4, 0.5) is 13.2 Å². The van der Waals surface area contributed by atoms with Crippen molar-refractivity contribution in [1.29, 1.82) is 0 Å². The summed E-state index contributed by atoms with van der Waals surface area (Å²) in [5, 5.41) is 10.00. The van der Waals surface area contributed by atoms with E-state index in [9.17, 15) is 31.5 Å². The van der Waals surface area contributed by atoms with Gasteiger partial charge in [-0.1, -0.05) is 30.3 Å². The number of hydrogen-bond acceptors (Lipinski definition) is 4. The Morgan fingerprint density at radius 1 is 1.25 bits per heavy atom. The van der Waals surface area contributed by atoms with Crippen molar-refractivity contribution in [1.82, 2.24) is 5.32 Å². The molecule has 1 aliphatic rings. The maximum Gasteiger partial charge on any atom is 0.407 e. The SMILES string of the molecule is CS(=O)(=O)C(C1CC1)C(N[C@H](c1ccccc1)C(F)(F)F)C(=O)O. The van der Waals surface area contributed by atoms with E-state index in [-0.39, 0.29) is 5.56 Å². The number of benzene rings is 1. The minimum atomic E-state index is -4.76. The molecule has 24 heavy (non-hydrogen) atoms. The summed E-state index contributed by atoms with van der Waals surface area (Å²) in [7, 11) is -3.83. The zero-order valence-corrected chi connectivity index (χ0v) is 13.6. The third-order valence-corrected chi connectivity index (χ3v) is 5.63. The number of alkyl halides is 3. The first-order valence-corrected chi connectivity index (χ1v) is 9.26. The molecule has 2 unspecified atom stereocenters. The van der Waals surface area contributed by atoms with Gasteiger partial charge in [0.15, 0.2) is 9.84 Å². The van der Waals surface area contributed by atoms with Crippen molar-refractivity contribution in [2.75, 3.05) is 6.26 Å². The first-order valence-electron chi connectivity index (χ1n) is 7.31. The van der Waals surface area contributed by atoms with Gasteiger partial charge in [-0.15, -0.1) is 0 Å². The lowest BCUT2D eigenvalue weighted by Crippen LogP contribution is -2.53. The van der Waals surface area contributed by atoms with Gasteiger partial charge in [-0.25, -0.2) is 8.42 Å². The number of carboxylic acids is 1. The summed E-state index contributed by atoms with van der Waals surface area (Å²) in [5.41, 5.74) is -0.167. The molecular formula is C15H18F3NO4S. The molecule has 0 saturated heterocycles. The van der Waals surface area contributed by atoms with Crippen LogP contribution in [0.3, 0.4) is 0 Å². The molecule has 0 aromatic heterocycles. The lowest BCUT2D eigenvalue weighted by atomic mass is 10.0. The smallest absolute Gasteiger partial charge is 0.407 e. The molecule has 0 bridgehead atoms. The summed E-state index contributed by atoms with van der Waals surface area (Å²) in [6.07, 6.45) is -2.92. The van der Waals surface area contributed by atoms with Gasteiger partial charge < -0.3 is 5.11 Å². The maximum absolute atomic E-state index is 13.4. The highest BCUT2D eigenvalue weighted by molar-refractivity contribution is 7.91. The molecule has 2 rings (SSSR count). The first kappa shape index (κ1) is 18.7. The highest BCUT2D eigenvalue weighted by Gasteiger charge is 2.50. The Kier molecular flexibility index (Phi) is 5.24. The molecule has 1 fully saturated rings. The van der Waals surface area contributed by atoms with Crippen molar-refractivity contribution in [3.05, 3.63) is 35.9 Å². The first-order chi connectivity index (χ1) is 11.0. The average Bonchev–Trinajstić information content (AvgIpc) is 3.25. The lowest BCUT2D eigenvalue weighted by Gasteiger charge is -2.29. The molecule has 5 nitrogen and oxygen atoms in total. The molecule has 0 spiro atoms. The lowest BCUT2D eigenvalue weighted by molar-refractivity contribution is -0.163. The molecule has 0 aliphatic heterocycles. The molecule has 1 saturated carbocycles. The molecule has 9 heteroatoms. The Labute approximate surface area is 137 Å². The monoisotopic (exact) mass is 365 g/mol. The second-order valence-electron chi connectivity index (χ2n) is 6.00. The van der Waals surface area contributed by atoms with Crippen molar-refractivity contribution in [2.45, 2.75) is 36.4 Å². The van der Waals surface area contributed by atoms with Crippen LogP contribution in [-0.2, 0) is 14.6 Å². The second-order valence-corrected chi connectivity index (χ2v) is 8.20. The Bertz CT molecular complexity index is 686. The highest BCUT2D eigenvalue weighted by atomic mass is 32.2. The van der Waals surface area contributed by atoms with Gasteiger partial charge in [0.2, 0.25) is 0 Å². The summed E-state index contributed by atoms with van der Waals surface area (Å²) < 4.78 is 64.1. The second kappa shape index (κ2) is 6.72. The van der Waals surface area contributed by atoms with Crippen molar-refractivity contribution >= 4 is 15.8 Å². The topological polar surface area (TPSA) is 83.5 Å². The number of nitrogens with one attached hydrogen (secondary N) is 1. The van der Waals surface area contributed by atoms with Crippen LogP contribution in [0, 0.1) is 5.92 Å². The van der Waals surface area contributed by atoms with Gasteiger partial charge in [0.25, 0.3) is 0 Å². The molecule has 134 valence electrons. The van der Waals surface area contributed by atoms with Crippen molar-refractivity contribution in [3.63, 3.8) is 0 Å². The van der Waals surface area contributed by atoms with Crippen LogP contribution in [0.1, 0.15) is 24.4 Å². The van der Waals surface area contributed by atoms with Crippen LogP contribution >= 0.6 is 0 Å². The number of sulfone groups is 1. The Balaban J connectivity index is 2.38. The molecule has 0 radical (unpaired) electrons. The van der Waals surface area contributed by atoms with Crippen molar-refractivity contribution in [3.8, 4) is 0 Å². The number of carboxylic acid groups (broad SMARTS) is 1. The van der Waals surface area contributed by atoms with Crippen molar-refractivity contribution < 1.29 is 31.5 Å². The van der Waals surface area contributed by atoms with E-state index in [1.54, 1.807) is 0 Å². The number of halogens is 3. The number of aliphatic carboxylic acids is 1. The zero-order valence-electron chi connectivity index (χ0n) is 12.8. The molecule has 1 aromatic rings. The fourth-order valence-electron chi connectivity index (χ4n) is 2.81. The summed E-state index contributed by atoms with van der Waals surface area (Å²) in [5.74, 6) is -2.04. The summed E-state index contributed by atoms with van der Waals surface area (Å²) in [4.78, 5) is 11.5. The number of hydrogen-bond donors (Lipinski definition) is 2. The average molecular weight is 365 g/mol. The summed E-state index contributed by atoms with van der Waals surface area (Å²) >= 11 is 0.